The van der Waals surface area contributed by atoms with E-state index in [2.05, 4.69) is 0 Å². The number of methoxy groups -OCH3 is 1. The maximum absolute atomic E-state index is 13.1. The van der Waals surface area contributed by atoms with Gasteiger partial charge in [-0.2, -0.15) is 0 Å². The molecular formula is C13H11ClFNO2. The normalized spacial score (nSPS) is 10.2. The van der Waals surface area contributed by atoms with Crippen LogP contribution in [0.3, 0.4) is 0 Å². The van der Waals surface area contributed by atoms with Crippen molar-refractivity contribution in [3.63, 3.8) is 0 Å². The van der Waals surface area contributed by atoms with Gasteiger partial charge in [-0.1, -0.05) is 11.6 Å². The standard InChI is InChI=1S/C13H11ClFNO2/c1-17-8-2-4-9(5-3-8)18-13-6-10(14)11(15)7-12(13)16/h2-7H,16H2,1H3. The van der Waals surface area contributed by atoms with Crippen LogP contribution in [0.2, 0.25) is 5.02 Å². The molecule has 0 aliphatic heterocycles. The highest BCUT2D eigenvalue weighted by Gasteiger charge is 2.08. The van der Waals surface area contributed by atoms with E-state index < -0.39 is 5.82 Å². The van der Waals surface area contributed by atoms with Crippen molar-refractivity contribution in [1.29, 1.82) is 0 Å². The quantitative estimate of drug-likeness (QED) is 0.859. The smallest absolute Gasteiger partial charge is 0.151 e. The molecule has 0 aliphatic rings. The number of anilines is 1. The summed E-state index contributed by atoms with van der Waals surface area (Å²) >= 11 is 5.67. The highest BCUT2D eigenvalue weighted by molar-refractivity contribution is 6.31. The third-order valence-electron chi connectivity index (χ3n) is 2.34. The number of benzene rings is 2. The summed E-state index contributed by atoms with van der Waals surface area (Å²) in [6.45, 7) is 0. The lowest BCUT2D eigenvalue weighted by molar-refractivity contribution is 0.413. The number of hydrogen-bond acceptors (Lipinski definition) is 3. The number of hydrogen-bond donors (Lipinski definition) is 1. The first-order chi connectivity index (χ1) is 8.60. The van der Waals surface area contributed by atoms with Gasteiger partial charge >= 0.3 is 0 Å². The van der Waals surface area contributed by atoms with Crippen LogP contribution in [-0.4, -0.2) is 7.11 Å². The van der Waals surface area contributed by atoms with E-state index in [9.17, 15) is 4.39 Å². The van der Waals surface area contributed by atoms with Crippen LogP contribution >= 0.6 is 11.6 Å². The number of nitrogen functional groups attached to an aromatic ring is 1. The third kappa shape index (κ3) is 2.65. The van der Waals surface area contributed by atoms with Gasteiger partial charge < -0.3 is 15.2 Å². The summed E-state index contributed by atoms with van der Waals surface area (Å²) in [7, 11) is 1.58. The zero-order chi connectivity index (χ0) is 13.1. The molecule has 94 valence electrons. The Morgan fingerprint density at radius 1 is 1.11 bits per heavy atom. The molecule has 2 rings (SSSR count). The van der Waals surface area contributed by atoms with Crippen molar-refractivity contribution in [3.8, 4) is 17.2 Å². The Morgan fingerprint density at radius 2 is 1.72 bits per heavy atom. The summed E-state index contributed by atoms with van der Waals surface area (Å²) < 4.78 is 23.7. The highest BCUT2D eigenvalue weighted by atomic mass is 35.5. The van der Waals surface area contributed by atoms with Crippen molar-refractivity contribution < 1.29 is 13.9 Å². The van der Waals surface area contributed by atoms with Gasteiger partial charge in [-0.05, 0) is 24.3 Å². The van der Waals surface area contributed by atoms with E-state index in [-0.39, 0.29) is 10.7 Å². The van der Waals surface area contributed by atoms with Crippen LogP contribution in [-0.2, 0) is 0 Å². The SMILES string of the molecule is COc1ccc(Oc2cc(Cl)c(F)cc2N)cc1. The molecule has 0 fully saturated rings. The lowest BCUT2D eigenvalue weighted by atomic mass is 10.3. The second-order valence-corrected chi connectivity index (χ2v) is 3.99. The predicted molar refractivity (Wildman–Crippen MR) is 68.9 cm³/mol. The Balaban J connectivity index is 2.25. The zero-order valence-corrected chi connectivity index (χ0v) is 10.4. The van der Waals surface area contributed by atoms with Crippen LogP contribution in [0.15, 0.2) is 36.4 Å². The van der Waals surface area contributed by atoms with Crippen molar-refractivity contribution in [2.75, 3.05) is 12.8 Å². The van der Waals surface area contributed by atoms with E-state index in [1.165, 1.54) is 6.07 Å². The van der Waals surface area contributed by atoms with Gasteiger partial charge in [-0.15, -0.1) is 0 Å². The van der Waals surface area contributed by atoms with Crippen LogP contribution in [0.4, 0.5) is 10.1 Å². The Morgan fingerprint density at radius 3 is 2.33 bits per heavy atom. The summed E-state index contributed by atoms with van der Waals surface area (Å²) in [6.07, 6.45) is 0. The molecule has 5 heteroatoms. The Bertz CT molecular complexity index is 558. The largest absolute Gasteiger partial charge is 0.497 e. The van der Waals surface area contributed by atoms with Gasteiger partial charge in [0.05, 0.1) is 17.8 Å². The fourth-order valence-corrected chi connectivity index (χ4v) is 1.56. The highest BCUT2D eigenvalue weighted by Crippen LogP contribution is 2.32. The molecule has 0 heterocycles. The first kappa shape index (κ1) is 12.5. The average molecular weight is 268 g/mol. The molecule has 2 N–H and O–H groups in total. The average Bonchev–Trinajstić information content (AvgIpc) is 2.37. The van der Waals surface area contributed by atoms with E-state index >= 15 is 0 Å². The number of nitrogens with two attached hydrogens (primary N) is 1. The monoisotopic (exact) mass is 267 g/mol. The van der Waals surface area contributed by atoms with Gasteiger partial charge in [0.15, 0.2) is 5.75 Å². The number of rotatable bonds is 3. The molecule has 0 unspecified atom stereocenters. The number of ether oxygens (including phenoxy) is 2. The number of halogens is 2. The molecule has 2 aromatic carbocycles. The Labute approximate surface area is 109 Å². The molecule has 0 saturated heterocycles. The summed E-state index contributed by atoms with van der Waals surface area (Å²) in [5, 5.41) is -0.0345. The van der Waals surface area contributed by atoms with Crippen LogP contribution in [0.25, 0.3) is 0 Å². The predicted octanol–water partition coefficient (Wildman–Crippen LogP) is 3.86. The lowest BCUT2D eigenvalue weighted by Crippen LogP contribution is -1.94. The first-order valence-electron chi connectivity index (χ1n) is 5.16. The molecule has 3 nitrogen and oxygen atoms in total. The van der Waals surface area contributed by atoms with Gasteiger partial charge in [-0.3, -0.25) is 0 Å². The maximum atomic E-state index is 13.1. The maximum Gasteiger partial charge on any atom is 0.151 e. The third-order valence-corrected chi connectivity index (χ3v) is 2.63. The molecule has 0 radical (unpaired) electrons. The zero-order valence-electron chi connectivity index (χ0n) is 9.61. The molecule has 0 bridgehead atoms. The van der Waals surface area contributed by atoms with Crippen LogP contribution < -0.4 is 15.2 Å². The molecule has 18 heavy (non-hydrogen) atoms. The Kier molecular flexibility index (Phi) is 3.58. The van der Waals surface area contributed by atoms with Gasteiger partial charge in [0.2, 0.25) is 0 Å². The summed E-state index contributed by atoms with van der Waals surface area (Å²) in [5.74, 6) is 1.01. The summed E-state index contributed by atoms with van der Waals surface area (Å²) in [4.78, 5) is 0. The van der Waals surface area contributed by atoms with E-state index in [4.69, 9.17) is 26.8 Å². The minimum Gasteiger partial charge on any atom is -0.497 e. The topological polar surface area (TPSA) is 44.5 Å². The summed E-state index contributed by atoms with van der Waals surface area (Å²) in [6, 6.07) is 9.40. The Hall–Kier alpha value is -1.94. The van der Waals surface area contributed by atoms with Crippen LogP contribution in [0.5, 0.6) is 17.2 Å². The minimum atomic E-state index is -0.573. The molecule has 0 spiro atoms. The molecular weight excluding hydrogens is 257 g/mol. The molecule has 0 atom stereocenters. The fourth-order valence-electron chi connectivity index (χ4n) is 1.40. The van der Waals surface area contributed by atoms with E-state index in [1.807, 2.05) is 0 Å². The van der Waals surface area contributed by atoms with Crippen LogP contribution in [0, 0.1) is 5.82 Å². The molecule has 2 aromatic rings. The molecule has 0 saturated carbocycles. The second kappa shape index (κ2) is 5.14. The van der Waals surface area contributed by atoms with E-state index in [0.29, 0.717) is 17.2 Å². The van der Waals surface area contributed by atoms with Crippen molar-refractivity contribution in [2.45, 2.75) is 0 Å². The van der Waals surface area contributed by atoms with Crippen molar-refractivity contribution in [1.82, 2.24) is 0 Å². The van der Waals surface area contributed by atoms with E-state index in [1.54, 1.807) is 31.4 Å². The molecule has 0 aromatic heterocycles. The van der Waals surface area contributed by atoms with Gasteiger partial charge in [0.1, 0.15) is 17.3 Å². The lowest BCUT2D eigenvalue weighted by Gasteiger charge is -2.09. The van der Waals surface area contributed by atoms with Gasteiger partial charge in [-0.25, -0.2) is 4.39 Å². The molecule has 0 aliphatic carbocycles. The van der Waals surface area contributed by atoms with E-state index in [0.717, 1.165) is 6.07 Å². The van der Waals surface area contributed by atoms with Crippen LogP contribution in [0.1, 0.15) is 0 Å². The second-order valence-electron chi connectivity index (χ2n) is 3.58. The van der Waals surface area contributed by atoms with Crippen molar-refractivity contribution >= 4 is 17.3 Å². The fraction of sp³-hybridized carbons (Fsp3) is 0.0769. The van der Waals surface area contributed by atoms with Gasteiger partial charge in [0, 0.05) is 12.1 Å². The van der Waals surface area contributed by atoms with Crippen molar-refractivity contribution in [2.24, 2.45) is 0 Å². The minimum absolute atomic E-state index is 0.0345. The van der Waals surface area contributed by atoms with Gasteiger partial charge in [0.25, 0.3) is 0 Å². The van der Waals surface area contributed by atoms with Crippen molar-refractivity contribution in [3.05, 3.63) is 47.2 Å². The first-order valence-corrected chi connectivity index (χ1v) is 5.54. The summed E-state index contributed by atoms with van der Waals surface area (Å²) in [5.41, 5.74) is 5.83. The molecule has 0 amide bonds.